The fraction of sp³-hybridized carbons (Fsp3) is 0.417. The van der Waals surface area contributed by atoms with Crippen molar-refractivity contribution in [1.82, 2.24) is 16.0 Å². The van der Waals surface area contributed by atoms with Gasteiger partial charge in [0.2, 0.25) is 11.8 Å². The topological polar surface area (TPSA) is 100 Å². The van der Waals surface area contributed by atoms with Gasteiger partial charge in [-0.05, 0) is 34.5 Å². The molecule has 0 aliphatic rings. The number of halogens is 1. The summed E-state index contributed by atoms with van der Waals surface area (Å²) >= 11 is 3.07. The summed E-state index contributed by atoms with van der Waals surface area (Å²) < 4.78 is 5.46. The van der Waals surface area contributed by atoms with Gasteiger partial charge in [0, 0.05) is 6.54 Å². The normalized spacial score (nSPS) is 9.90. The lowest BCUT2D eigenvalue weighted by atomic mass is 10.4. The van der Waals surface area contributed by atoms with E-state index in [1.165, 1.54) is 6.07 Å². The van der Waals surface area contributed by atoms with Crippen molar-refractivity contribution in [1.29, 1.82) is 0 Å². The van der Waals surface area contributed by atoms with Crippen molar-refractivity contribution in [2.24, 2.45) is 0 Å². The van der Waals surface area contributed by atoms with Crippen molar-refractivity contribution >= 4 is 33.7 Å². The molecule has 0 saturated heterocycles. The molecular formula is C12H16BrN3O4. The molecule has 0 unspecified atom stereocenters. The molecule has 1 heterocycles. The minimum absolute atomic E-state index is 0.102. The van der Waals surface area contributed by atoms with E-state index >= 15 is 0 Å². The van der Waals surface area contributed by atoms with Crippen LogP contribution in [0.2, 0.25) is 0 Å². The fourth-order valence-corrected chi connectivity index (χ4v) is 1.56. The van der Waals surface area contributed by atoms with Crippen LogP contribution in [0.1, 0.15) is 23.9 Å². The van der Waals surface area contributed by atoms with Gasteiger partial charge in [-0.3, -0.25) is 14.4 Å². The van der Waals surface area contributed by atoms with Crippen molar-refractivity contribution in [3.8, 4) is 0 Å². The van der Waals surface area contributed by atoms with Crippen molar-refractivity contribution in [2.45, 2.75) is 13.3 Å². The maximum absolute atomic E-state index is 11.6. The van der Waals surface area contributed by atoms with E-state index in [0.29, 0.717) is 11.2 Å². The highest BCUT2D eigenvalue weighted by Crippen LogP contribution is 2.13. The van der Waals surface area contributed by atoms with E-state index in [-0.39, 0.29) is 24.8 Å². The Bertz CT molecular complexity index is 487. The zero-order valence-electron chi connectivity index (χ0n) is 11.0. The molecule has 0 fully saturated rings. The predicted molar refractivity (Wildman–Crippen MR) is 75.1 cm³/mol. The highest BCUT2D eigenvalue weighted by atomic mass is 79.9. The number of amides is 3. The number of carbonyl (C=O) groups excluding carboxylic acids is 3. The number of hydrogen-bond acceptors (Lipinski definition) is 4. The van der Waals surface area contributed by atoms with Gasteiger partial charge >= 0.3 is 0 Å². The Morgan fingerprint density at radius 1 is 1.10 bits per heavy atom. The Morgan fingerprint density at radius 2 is 1.75 bits per heavy atom. The Labute approximate surface area is 124 Å². The van der Waals surface area contributed by atoms with Gasteiger partial charge in [-0.25, -0.2) is 0 Å². The van der Waals surface area contributed by atoms with Gasteiger partial charge in [0.05, 0.1) is 13.1 Å². The molecule has 0 bridgehead atoms. The summed E-state index contributed by atoms with van der Waals surface area (Å²) in [5, 5.41) is 7.40. The second-order valence-corrected chi connectivity index (χ2v) is 4.69. The number of hydrogen-bond donors (Lipinski definition) is 3. The monoisotopic (exact) mass is 345 g/mol. The van der Waals surface area contributed by atoms with Crippen LogP contribution in [0.5, 0.6) is 0 Å². The summed E-state index contributed by atoms with van der Waals surface area (Å²) in [5.41, 5.74) is 0. The Kier molecular flexibility index (Phi) is 6.78. The molecule has 7 nitrogen and oxygen atoms in total. The van der Waals surface area contributed by atoms with Gasteiger partial charge in [0.25, 0.3) is 5.91 Å². The molecule has 0 spiro atoms. The molecule has 110 valence electrons. The van der Waals surface area contributed by atoms with Crippen LogP contribution in [0.4, 0.5) is 0 Å². The lowest BCUT2D eigenvalue weighted by Gasteiger charge is -2.06. The first-order chi connectivity index (χ1) is 9.52. The molecule has 3 amide bonds. The zero-order valence-corrected chi connectivity index (χ0v) is 12.6. The molecule has 1 rings (SSSR count). The maximum atomic E-state index is 11.6. The first-order valence-electron chi connectivity index (χ1n) is 6.10. The summed E-state index contributed by atoms with van der Waals surface area (Å²) in [4.78, 5) is 34.2. The molecule has 1 aromatic heterocycles. The first kappa shape index (κ1) is 16.2. The Balaban J connectivity index is 2.23. The van der Waals surface area contributed by atoms with E-state index in [9.17, 15) is 14.4 Å². The standard InChI is InChI=1S/C12H16BrN3O4/c1-2-5-14-10(17)6-15-11(18)7-16-12(19)8-3-4-9(13)20-8/h3-4H,2,5-7H2,1H3,(H,14,17)(H,15,18)(H,16,19). The molecule has 0 aliphatic carbocycles. The number of rotatable bonds is 7. The van der Waals surface area contributed by atoms with E-state index in [4.69, 9.17) is 4.42 Å². The number of furan rings is 1. The summed E-state index contributed by atoms with van der Waals surface area (Å²) in [5.74, 6) is -1.11. The first-order valence-corrected chi connectivity index (χ1v) is 6.89. The molecular weight excluding hydrogens is 330 g/mol. The smallest absolute Gasteiger partial charge is 0.287 e. The molecule has 0 aromatic carbocycles. The second kappa shape index (κ2) is 8.36. The fourth-order valence-electron chi connectivity index (χ4n) is 1.25. The average Bonchev–Trinajstić information content (AvgIpc) is 2.86. The minimum Gasteiger partial charge on any atom is -0.444 e. The van der Waals surface area contributed by atoms with Gasteiger partial charge in [-0.2, -0.15) is 0 Å². The van der Waals surface area contributed by atoms with Crippen molar-refractivity contribution < 1.29 is 18.8 Å². The lowest BCUT2D eigenvalue weighted by molar-refractivity contribution is -0.125. The highest BCUT2D eigenvalue weighted by molar-refractivity contribution is 9.10. The largest absolute Gasteiger partial charge is 0.444 e. The maximum Gasteiger partial charge on any atom is 0.287 e. The molecule has 0 saturated carbocycles. The van der Waals surface area contributed by atoms with Crippen LogP contribution >= 0.6 is 15.9 Å². The van der Waals surface area contributed by atoms with Crippen LogP contribution in [0.25, 0.3) is 0 Å². The summed E-state index contributed by atoms with van der Waals surface area (Å²) in [6, 6.07) is 3.06. The lowest BCUT2D eigenvalue weighted by Crippen LogP contribution is -2.42. The summed E-state index contributed by atoms with van der Waals surface area (Å²) in [7, 11) is 0. The summed E-state index contributed by atoms with van der Waals surface area (Å²) in [6.45, 7) is 2.17. The SMILES string of the molecule is CCCNC(=O)CNC(=O)CNC(=O)c1ccc(Br)o1. The third-order valence-electron chi connectivity index (χ3n) is 2.22. The Hall–Kier alpha value is -1.83. The van der Waals surface area contributed by atoms with Crippen LogP contribution in [-0.4, -0.2) is 37.4 Å². The van der Waals surface area contributed by atoms with Gasteiger partial charge in [0.1, 0.15) is 0 Å². The zero-order chi connectivity index (χ0) is 15.0. The molecule has 20 heavy (non-hydrogen) atoms. The van der Waals surface area contributed by atoms with Crippen molar-refractivity contribution in [3.63, 3.8) is 0 Å². The van der Waals surface area contributed by atoms with E-state index in [2.05, 4.69) is 31.9 Å². The molecule has 3 N–H and O–H groups in total. The highest BCUT2D eigenvalue weighted by Gasteiger charge is 2.12. The second-order valence-electron chi connectivity index (χ2n) is 3.91. The van der Waals surface area contributed by atoms with E-state index in [0.717, 1.165) is 6.42 Å². The summed E-state index contributed by atoms with van der Waals surface area (Å²) in [6.07, 6.45) is 0.828. The molecule has 0 radical (unpaired) electrons. The minimum atomic E-state index is -0.499. The van der Waals surface area contributed by atoms with E-state index in [1.54, 1.807) is 6.07 Å². The van der Waals surface area contributed by atoms with Gasteiger partial charge < -0.3 is 20.4 Å². The predicted octanol–water partition coefficient (Wildman–Crippen LogP) is 0.414. The van der Waals surface area contributed by atoms with Crippen LogP contribution < -0.4 is 16.0 Å². The third-order valence-corrected chi connectivity index (χ3v) is 2.65. The van der Waals surface area contributed by atoms with Crippen LogP contribution in [0.3, 0.4) is 0 Å². The van der Waals surface area contributed by atoms with Gasteiger partial charge in [-0.1, -0.05) is 6.92 Å². The quantitative estimate of drug-likeness (QED) is 0.666. The Morgan fingerprint density at radius 3 is 2.35 bits per heavy atom. The molecule has 0 aliphatic heterocycles. The number of carbonyl (C=O) groups is 3. The number of nitrogens with one attached hydrogen (secondary N) is 3. The molecule has 0 atom stereocenters. The van der Waals surface area contributed by atoms with Crippen LogP contribution in [0.15, 0.2) is 21.2 Å². The molecule has 1 aromatic rings. The molecule has 8 heteroatoms. The average molecular weight is 346 g/mol. The third kappa shape index (κ3) is 5.87. The van der Waals surface area contributed by atoms with Crippen molar-refractivity contribution in [3.05, 3.63) is 22.6 Å². The van der Waals surface area contributed by atoms with E-state index in [1.807, 2.05) is 6.92 Å². The van der Waals surface area contributed by atoms with Crippen molar-refractivity contribution in [2.75, 3.05) is 19.6 Å². The van der Waals surface area contributed by atoms with Crippen LogP contribution in [-0.2, 0) is 9.59 Å². The van der Waals surface area contributed by atoms with E-state index < -0.39 is 11.8 Å². The van der Waals surface area contributed by atoms with Gasteiger partial charge in [0.15, 0.2) is 10.4 Å². The van der Waals surface area contributed by atoms with Gasteiger partial charge in [-0.15, -0.1) is 0 Å². The van der Waals surface area contributed by atoms with Crippen LogP contribution in [0, 0.1) is 0 Å².